The summed E-state index contributed by atoms with van der Waals surface area (Å²) in [5, 5.41) is 1.01. The topological polar surface area (TPSA) is 64.4 Å². The van der Waals surface area contributed by atoms with Gasteiger partial charge in [-0.3, -0.25) is 14.2 Å². The number of fused-ring (bicyclic) bond motifs is 1. The molecular formula is C27H26ClN3O3. The fourth-order valence-corrected chi connectivity index (χ4v) is 4.25. The van der Waals surface area contributed by atoms with Gasteiger partial charge in [0.05, 0.1) is 29.7 Å². The third-order valence-corrected chi connectivity index (χ3v) is 5.99. The number of benzene rings is 3. The fraction of sp³-hybridized carbons (Fsp3) is 0.222. The quantitative estimate of drug-likeness (QED) is 0.346. The Kier molecular flexibility index (Phi) is 6.98. The van der Waals surface area contributed by atoms with Crippen molar-refractivity contribution < 1.29 is 9.53 Å². The fourth-order valence-electron chi connectivity index (χ4n) is 4.07. The van der Waals surface area contributed by atoms with Gasteiger partial charge in [-0.25, -0.2) is 4.98 Å². The second kappa shape index (κ2) is 10.1. The monoisotopic (exact) mass is 475 g/mol. The van der Waals surface area contributed by atoms with Crippen LogP contribution in [0, 0.1) is 0 Å². The largest absolute Gasteiger partial charge is 0.497 e. The number of methoxy groups -OCH3 is 1. The van der Waals surface area contributed by atoms with Crippen molar-refractivity contribution in [2.75, 3.05) is 13.7 Å². The third-order valence-electron chi connectivity index (χ3n) is 5.75. The van der Waals surface area contributed by atoms with Crippen molar-refractivity contribution in [3.63, 3.8) is 0 Å². The minimum Gasteiger partial charge on any atom is -0.497 e. The van der Waals surface area contributed by atoms with Crippen molar-refractivity contribution in [1.29, 1.82) is 0 Å². The lowest BCUT2D eigenvalue weighted by Gasteiger charge is -2.30. The summed E-state index contributed by atoms with van der Waals surface area (Å²) >= 11 is 6.26. The third kappa shape index (κ3) is 4.54. The molecule has 0 fully saturated rings. The Bertz CT molecular complexity index is 1400. The van der Waals surface area contributed by atoms with Gasteiger partial charge in [-0.1, -0.05) is 42.8 Å². The van der Waals surface area contributed by atoms with Crippen molar-refractivity contribution in [3.05, 3.63) is 99.6 Å². The molecule has 0 aliphatic carbocycles. The molecule has 174 valence electrons. The Hall–Kier alpha value is -3.64. The minimum absolute atomic E-state index is 0.159. The molecule has 4 aromatic rings. The number of amides is 1. The number of halogens is 1. The van der Waals surface area contributed by atoms with Crippen LogP contribution in [-0.4, -0.2) is 34.0 Å². The Morgan fingerprint density at radius 2 is 1.85 bits per heavy atom. The van der Waals surface area contributed by atoms with Crippen molar-refractivity contribution in [2.24, 2.45) is 0 Å². The Balaban J connectivity index is 1.90. The summed E-state index contributed by atoms with van der Waals surface area (Å²) in [6.45, 7) is 4.40. The van der Waals surface area contributed by atoms with Gasteiger partial charge in [-0.2, -0.15) is 0 Å². The van der Waals surface area contributed by atoms with E-state index in [1.54, 1.807) is 65.1 Å². The van der Waals surface area contributed by atoms with Gasteiger partial charge in [0.2, 0.25) is 0 Å². The SMILES string of the molecule is CCCN(C(=O)c1cccc(OC)c1)C(C)c1nc2ccccc2c(=O)n1-c1cccc(Cl)c1. The molecular weight excluding hydrogens is 450 g/mol. The van der Waals surface area contributed by atoms with E-state index in [9.17, 15) is 9.59 Å². The smallest absolute Gasteiger partial charge is 0.266 e. The van der Waals surface area contributed by atoms with Gasteiger partial charge in [0.15, 0.2) is 0 Å². The molecule has 0 saturated carbocycles. The minimum atomic E-state index is -0.491. The van der Waals surface area contributed by atoms with E-state index >= 15 is 0 Å². The molecule has 1 heterocycles. The highest BCUT2D eigenvalue weighted by Crippen LogP contribution is 2.26. The van der Waals surface area contributed by atoms with Crippen molar-refractivity contribution in [3.8, 4) is 11.4 Å². The molecule has 7 heteroatoms. The zero-order valence-corrected chi connectivity index (χ0v) is 20.1. The lowest BCUT2D eigenvalue weighted by Crippen LogP contribution is -2.38. The van der Waals surface area contributed by atoms with E-state index in [0.29, 0.717) is 45.3 Å². The Morgan fingerprint density at radius 3 is 2.59 bits per heavy atom. The molecule has 1 aromatic heterocycles. The van der Waals surface area contributed by atoms with E-state index in [-0.39, 0.29) is 11.5 Å². The summed E-state index contributed by atoms with van der Waals surface area (Å²) in [5.41, 5.74) is 1.48. The van der Waals surface area contributed by atoms with Crippen LogP contribution in [0.2, 0.25) is 5.02 Å². The zero-order chi connectivity index (χ0) is 24.2. The normalized spacial score (nSPS) is 11.9. The first-order valence-electron chi connectivity index (χ1n) is 11.2. The highest BCUT2D eigenvalue weighted by atomic mass is 35.5. The number of rotatable bonds is 7. The molecule has 34 heavy (non-hydrogen) atoms. The summed E-state index contributed by atoms with van der Waals surface area (Å²) in [6.07, 6.45) is 0.745. The molecule has 0 aliphatic heterocycles. The predicted octanol–water partition coefficient (Wildman–Crippen LogP) is 5.66. The van der Waals surface area contributed by atoms with Crippen molar-refractivity contribution in [1.82, 2.24) is 14.5 Å². The van der Waals surface area contributed by atoms with Crippen LogP contribution in [-0.2, 0) is 0 Å². The molecule has 3 aromatic carbocycles. The van der Waals surface area contributed by atoms with Crippen LogP contribution in [0.15, 0.2) is 77.6 Å². The van der Waals surface area contributed by atoms with Crippen LogP contribution < -0.4 is 10.3 Å². The molecule has 6 nitrogen and oxygen atoms in total. The molecule has 0 saturated heterocycles. The number of hydrogen-bond donors (Lipinski definition) is 0. The lowest BCUT2D eigenvalue weighted by molar-refractivity contribution is 0.0681. The average molecular weight is 476 g/mol. The van der Waals surface area contributed by atoms with Crippen molar-refractivity contribution in [2.45, 2.75) is 26.3 Å². The number of carbonyl (C=O) groups is 1. The summed E-state index contributed by atoms with van der Waals surface area (Å²) in [7, 11) is 1.57. The van der Waals surface area contributed by atoms with Gasteiger partial charge in [-0.05, 0) is 61.9 Å². The number of hydrogen-bond acceptors (Lipinski definition) is 4. The Labute approximate surface area is 203 Å². The maximum Gasteiger partial charge on any atom is 0.266 e. The van der Waals surface area contributed by atoms with Crippen LogP contribution >= 0.6 is 11.6 Å². The van der Waals surface area contributed by atoms with E-state index in [0.717, 1.165) is 6.42 Å². The van der Waals surface area contributed by atoms with Crippen LogP contribution in [0.4, 0.5) is 0 Å². The first-order valence-corrected chi connectivity index (χ1v) is 11.5. The molecule has 1 unspecified atom stereocenters. The molecule has 0 radical (unpaired) electrons. The maximum atomic E-state index is 13.6. The summed E-state index contributed by atoms with van der Waals surface area (Å²) in [5.74, 6) is 0.915. The average Bonchev–Trinajstić information content (AvgIpc) is 2.86. The highest BCUT2D eigenvalue weighted by molar-refractivity contribution is 6.30. The number of ether oxygens (including phenoxy) is 1. The van der Waals surface area contributed by atoms with Gasteiger partial charge in [0.1, 0.15) is 11.6 Å². The van der Waals surface area contributed by atoms with Gasteiger partial charge in [0.25, 0.3) is 11.5 Å². The summed E-state index contributed by atoms with van der Waals surface area (Å²) < 4.78 is 6.86. The summed E-state index contributed by atoms with van der Waals surface area (Å²) in [4.78, 5) is 33.8. The number of aromatic nitrogens is 2. The van der Waals surface area contributed by atoms with Gasteiger partial charge in [0, 0.05) is 17.1 Å². The van der Waals surface area contributed by atoms with E-state index < -0.39 is 6.04 Å². The van der Waals surface area contributed by atoms with Crippen molar-refractivity contribution >= 4 is 28.4 Å². The number of nitrogens with zero attached hydrogens (tertiary/aromatic N) is 3. The molecule has 0 N–H and O–H groups in total. The number of carbonyl (C=O) groups excluding carboxylic acids is 1. The second-order valence-corrected chi connectivity index (χ2v) is 8.45. The zero-order valence-electron chi connectivity index (χ0n) is 19.4. The molecule has 1 atom stereocenters. The molecule has 0 spiro atoms. The van der Waals surface area contributed by atoms with Gasteiger partial charge < -0.3 is 9.64 Å². The van der Waals surface area contributed by atoms with Gasteiger partial charge >= 0.3 is 0 Å². The van der Waals surface area contributed by atoms with E-state index in [1.165, 1.54) is 0 Å². The van der Waals surface area contributed by atoms with Crippen LogP contribution in [0.1, 0.15) is 42.5 Å². The van der Waals surface area contributed by atoms with E-state index in [4.69, 9.17) is 21.3 Å². The molecule has 4 rings (SSSR count). The lowest BCUT2D eigenvalue weighted by atomic mass is 10.1. The first-order chi connectivity index (χ1) is 16.4. The van der Waals surface area contributed by atoms with Gasteiger partial charge in [-0.15, -0.1) is 0 Å². The molecule has 0 bridgehead atoms. The van der Waals surface area contributed by atoms with Crippen LogP contribution in [0.25, 0.3) is 16.6 Å². The number of para-hydroxylation sites is 1. The first kappa shape index (κ1) is 23.5. The second-order valence-electron chi connectivity index (χ2n) is 8.01. The van der Waals surface area contributed by atoms with Crippen LogP contribution in [0.5, 0.6) is 5.75 Å². The summed E-state index contributed by atoms with van der Waals surface area (Å²) in [6, 6.07) is 20.9. The van der Waals surface area contributed by atoms with Crippen LogP contribution in [0.3, 0.4) is 0 Å². The maximum absolute atomic E-state index is 13.6. The Morgan fingerprint density at radius 1 is 1.09 bits per heavy atom. The van der Waals surface area contributed by atoms with E-state index in [2.05, 4.69) is 0 Å². The standard InChI is InChI=1S/C27H26ClN3O3/c1-4-15-30(26(32)19-9-7-12-22(16-19)34-3)18(2)25-29-24-14-6-5-13-23(24)27(33)31(25)21-11-8-10-20(28)17-21/h5-14,16-18H,4,15H2,1-3H3. The predicted molar refractivity (Wildman–Crippen MR) is 135 cm³/mol. The molecule has 1 amide bonds. The highest BCUT2D eigenvalue weighted by Gasteiger charge is 2.27. The molecule has 0 aliphatic rings. The van der Waals surface area contributed by atoms with E-state index in [1.807, 2.05) is 38.1 Å².